The molecule has 0 fully saturated rings. The first-order valence-corrected chi connectivity index (χ1v) is 10.2. The Bertz CT molecular complexity index is 985. The minimum atomic E-state index is -3.90. The molecule has 0 saturated heterocycles. The molecule has 0 aromatic heterocycles. The van der Waals surface area contributed by atoms with Crippen molar-refractivity contribution in [2.24, 2.45) is 0 Å². The highest BCUT2D eigenvalue weighted by Gasteiger charge is 2.40. The number of rotatable bonds is 5. The van der Waals surface area contributed by atoms with E-state index in [4.69, 9.17) is 14.2 Å². The van der Waals surface area contributed by atoms with Crippen molar-refractivity contribution in [3.8, 4) is 11.5 Å². The molecule has 0 spiro atoms. The van der Waals surface area contributed by atoms with Crippen molar-refractivity contribution < 1.29 is 27.4 Å². The van der Waals surface area contributed by atoms with E-state index in [1.807, 2.05) is 6.92 Å². The lowest BCUT2D eigenvalue weighted by atomic mass is 9.95. The number of carbonyl (C=O) groups is 1. The lowest BCUT2D eigenvalue weighted by Gasteiger charge is -2.34. The van der Waals surface area contributed by atoms with Gasteiger partial charge in [0.05, 0.1) is 26.2 Å². The molecule has 1 heterocycles. The first kappa shape index (κ1) is 20.2. The molecule has 0 aliphatic carbocycles. The molecular weight excluding hydrogens is 382 g/mol. The third-order valence-corrected chi connectivity index (χ3v) is 6.76. The summed E-state index contributed by atoms with van der Waals surface area (Å²) < 4.78 is 43.3. The second kappa shape index (κ2) is 7.81. The molecule has 1 unspecified atom stereocenters. The Labute approximate surface area is 164 Å². The molecule has 1 aliphatic rings. The molecule has 1 atom stereocenters. The fraction of sp³-hybridized carbons (Fsp3) is 0.350. The van der Waals surface area contributed by atoms with Gasteiger partial charge in [-0.1, -0.05) is 17.7 Å². The minimum Gasteiger partial charge on any atom is -0.493 e. The van der Waals surface area contributed by atoms with Gasteiger partial charge in [0.15, 0.2) is 11.5 Å². The van der Waals surface area contributed by atoms with Crippen LogP contribution in [0.15, 0.2) is 41.3 Å². The molecular formula is C20H23NO6S. The smallest absolute Gasteiger partial charge is 0.324 e. The van der Waals surface area contributed by atoms with Gasteiger partial charge in [0.1, 0.15) is 6.04 Å². The molecule has 150 valence electrons. The third-order valence-electron chi connectivity index (χ3n) is 4.89. The quantitative estimate of drug-likeness (QED) is 0.710. The van der Waals surface area contributed by atoms with Crippen molar-refractivity contribution in [2.45, 2.75) is 30.8 Å². The summed E-state index contributed by atoms with van der Waals surface area (Å²) in [7, 11) is 0.398. The highest BCUT2D eigenvalue weighted by atomic mass is 32.2. The summed E-state index contributed by atoms with van der Waals surface area (Å²) in [6.07, 6.45) is 0.188. The van der Waals surface area contributed by atoms with Crippen LogP contribution in [0.4, 0.5) is 0 Å². The summed E-state index contributed by atoms with van der Waals surface area (Å²) in [5.74, 6) is 0.432. The van der Waals surface area contributed by atoms with Crippen LogP contribution < -0.4 is 9.47 Å². The number of hydrogen-bond acceptors (Lipinski definition) is 6. The van der Waals surface area contributed by atoms with Crippen LogP contribution in [0.25, 0.3) is 0 Å². The number of hydrogen-bond donors (Lipinski definition) is 0. The van der Waals surface area contributed by atoms with Crippen LogP contribution in [-0.4, -0.2) is 46.1 Å². The van der Waals surface area contributed by atoms with Crippen molar-refractivity contribution >= 4 is 16.0 Å². The van der Waals surface area contributed by atoms with Crippen LogP contribution in [0.1, 0.15) is 16.7 Å². The Morgan fingerprint density at radius 3 is 2.11 bits per heavy atom. The summed E-state index contributed by atoms with van der Waals surface area (Å²) in [6, 6.07) is 9.12. The molecule has 2 aromatic carbocycles. The number of esters is 1. The van der Waals surface area contributed by atoms with Crippen LogP contribution >= 0.6 is 0 Å². The molecule has 0 amide bonds. The topological polar surface area (TPSA) is 82.1 Å². The maximum absolute atomic E-state index is 13.3. The lowest BCUT2D eigenvalue weighted by molar-refractivity contribution is -0.145. The zero-order valence-corrected chi connectivity index (χ0v) is 17.1. The third kappa shape index (κ3) is 3.57. The van der Waals surface area contributed by atoms with E-state index in [1.54, 1.807) is 36.4 Å². The summed E-state index contributed by atoms with van der Waals surface area (Å²) in [5, 5.41) is 0. The van der Waals surface area contributed by atoms with E-state index in [2.05, 4.69) is 0 Å². The Morgan fingerprint density at radius 1 is 1.00 bits per heavy atom. The second-order valence-corrected chi connectivity index (χ2v) is 8.47. The molecule has 2 aromatic rings. The number of nitrogens with zero attached hydrogens (tertiary/aromatic N) is 1. The Morgan fingerprint density at radius 2 is 1.57 bits per heavy atom. The first-order chi connectivity index (χ1) is 13.3. The largest absolute Gasteiger partial charge is 0.493 e. The number of carbonyl (C=O) groups excluding carboxylic acids is 1. The molecule has 7 nitrogen and oxygen atoms in total. The number of benzene rings is 2. The van der Waals surface area contributed by atoms with Gasteiger partial charge in [0, 0.05) is 13.0 Å². The Balaban J connectivity index is 2.09. The van der Waals surface area contributed by atoms with Crippen molar-refractivity contribution in [1.82, 2.24) is 4.31 Å². The Kier molecular flexibility index (Phi) is 5.62. The van der Waals surface area contributed by atoms with Crippen LogP contribution in [0.3, 0.4) is 0 Å². The highest BCUT2D eigenvalue weighted by Crippen LogP contribution is 2.36. The van der Waals surface area contributed by atoms with Crippen molar-refractivity contribution in [3.05, 3.63) is 53.1 Å². The second-order valence-electron chi connectivity index (χ2n) is 6.58. The number of ether oxygens (including phenoxy) is 3. The summed E-state index contributed by atoms with van der Waals surface area (Å²) >= 11 is 0. The number of aryl methyl sites for hydroxylation is 1. The van der Waals surface area contributed by atoms with Gasteiger partial charge in [-0.05, 0) is 42.3 Å². The zero-order valence-electron chi connectivity index (χ0n) is 16.3. The average molecular weight is 405 g/mol. The summed E-state index contributed by atoms with van der Waals surface area (Å²) in [4.78, 5) is 12.5. The van der Waals surface area contributed by atoms with Crippen LogP contribution in [0, 0.1) is 6.92 Å². The number of sulfonamides is 1. The first-order valence-electron chi connectivity index (χ1n) is 8.72. The van der Waals surface area contributed by atoms with Gasteiger partial charge in [-0.3, -0.25) is 4.79 Å². The molecule has 0 saturated carbocycles. The SMILES string of the molecule is COC(=O)C1Cc2cc(OC)c(OC)cc2CN1S(=O)(=O)c1ccc(C)cc1. The number of methoxy groups -OCH3 is 3. The van der Waals surface area contributed by atoms with E-state index < -0.39 is 22.0 Å². The highest BCUT2D eigenvalue weighted by molar-refractivity contribution is 7.89. The lowest BCUT2D eigenvalue weighted by Crippen LogP contribution is -2.49. The molecule has 0 radical (unpaired) electrons. The molecule has 0 N–H and O–H groups in total. The van der Waals surface area contributed by atoms with Gasteiger partial charge >= 0.3 is 5.97 Å². The van der Waals surface area contributed by atoms with Crippen LogP contribution in [0.2, 0.25) is 0 Å². The van der Waals surface area contributed by atoms with E-state index >= 15 is 0 Å². The normalized spacial score (nSPS) is 16.9. The number of fused-ring (bicyclic) bond motifs is 1. The average Bonchev–Trinajstić information content (AvgIpc) is 2.71. The van der Waals surface area contributed by atoms with E-state index in [1.165, 1.54) is 25.6 Å². The van der Waals surface area contributed by atoms with Gasteiger partial charge < -0.3 is 14.2 Å². The zero-order chi connectivity index (χ0) is 20.5. The van der Waals surface area contributed by atoms with Gasteiger partial charge in [-0.2, -0.15) is 4.31 Å². The fourth-order valence-electron chi connectivity index (χ4n) is 3.32. The predicted octanol–water partition coefficient (Wildman–Crippen LogP) is 2.30. The van der Waals surface area contributed by atoms with Gasteiger partial charge in [0.25, 0.3) is 0 Å². The minimum absolute atomic E-state index is 0.0334. The van der Waals surface area contributed by atoms with E-state index in [0.29, 0.717) is 11.5 Å². The monoisotopic (exact) mass is 405 g/mol. The summed E-state index contributed by atoms with van der Waals surface area (Å²) in [5.41, 5.74) is 2.53. The molecule has 3 rings (SSSR count). The van der Waals surface area contributed by atoms with Gasteiger partial charge in [0.2, 0.25) is 10.0 Å². The Hall–Kier alpha value is -2.58. The molecule has 0 bridgehead atoms. The maximum atomic E-state index is 13.3. The molecule has 28 heavy (non-hydrogen) atoms. The predicted molar refractivity (Wildman–Crippen MR) is 103 cm³/mol. The van der Waals surface area contributed by atoms with Gasteiger partial charge in [-0.15, -0.1) is 0 Å². The summed E-state index contributed by atoms with van der Waals surface area (Å²) in [6.45, 7) is 1.91. The van der Waals surface area contributed by atoms with Crippen molar-refractivity contribution in [1.29, 1.82) is 0 Å². The van der Waals surface area contributed by atoms with Crippen molar-refractivity contribution in [2.75, 3.05) is 21.3 Å². The van der Waals surface area contributed by atoms with E-state index in [9.17, 15) is 13.2 Å². The van der Waals surface area contributed by atoms with Crippen LogP contribution in [-0.2, 0) is 32.5 Å². The molecule has 8 heteroatoms. The van der Waals surface area contributed by atoms with E-state index in [-0.39, 0.29) is 17.9 Å². The standard InChI is InChI=1S/C20H23NO6S/c1-13-5-7-16(8-6-13)28(23,24)21-12-15-11-19(26-3)18(25-2)10-14(15)9-17(21)20(22)27-4/h5-8,10-11,17H,9,12H2,1-4H3. The van der Waals surface area contributed by atoms with E-state index in [0.717, 1.165) is 16.7 Å². The van der Waals surface area contributed by atoms with Gasteiger partial charge in [-0.25, -0.2) is 8.42 Å². The van der Waals surface area contributed by atoms with Crippen molar-refractivity contribution in [3.63, 3.8) is 0 Å². The molecule has 1 aliphatic heterocycles. The van der Waals surface area contributed by atoms with Crippen LogP contribution in [0.5, 0.6) is 11.5 Å². The maximum Gasteiger partial charge on any atom is 0.324 e. The fourth-order valence-corrected chi connectivity index (χ4v) is 4.88.